The van der Waals surface area contributed by atoms with Crippen molar-refractivity contribution in [3.05, 3.63) is 65.7 Å². The number of nitrogens with one attached hydrogen (secondary N) is 1. The molecular formula is C23H28F2N2O3. The van der Waals surface area contributed by atoms with Gasteiger partial charge >= 0.3 is 0 Å². The summed E-state index contributed by atoms with van der Waals surface area (Å²) < 4.78 is 32.4. The molecule has 0 radical (unpaired) electrons. The molecule has 7 heteroatoms. The van der Waals surface area contributed by atoms with E-state index in [0.29, 0.717) is 12.0 Å². The summed E-state index contributed by atoms with van der Waals surface area (Å²) >= 11 is 0. The van der Waals surface area contributed by atoms with Gasteiger partial charge in [-0.05, 0) is 49.6 Å². The van der Waals surface area contributed by atoms with Gasteiger partial charge in [-0.15, -0.1) is 0 Å². The van der Waals surface area contributed by atoms with Crippen LogP contribution in [0.2, 0.25) is 0 Å². The zero-order chi connectivity index (χ0) is 22.1. The lowest BCUT2D eigenvalue weighted by Crippen LogP contribution is -2.51. The summed E-state index contributed by atoms with van der Waals surface area (Å²) in [5.74, 6) is -1.73. The summed E-state index contributed by atoms with van der Waals surface area (Å²) in [5, 5.41) is 2.90. The first-order chi connectivity index (χ1) is 14.3. The minimum atomic E-state index is -0.735. The maximum atomic E-state index is 13.8. The Morgan fingerprint density at radius 2 is 1.70 bits per heavy atom. The quantitative estimate of drug-likeness (QED) is 0.633. The molecule has 0 saturated carbocycles. The van der Waals surface area contributed by atoms with Crippen LogP contribution in [0, 0.1) is 11.6 Å². The lowest BCUT2D eigenvalue weighted by molar-refractivity contribution is -0.143. The van der Waals surface area contributed by atoms with Crippen molar-refractivity contribution >= 4 is 11.8 Å². The molecule has 0 aliphatic carbocycles. The third-order valence-electron chi connectivity index (χ3n) is 4.84. The normalized spacial score (nSPS) is 12.7. The van der Waals surface area contributed by atoms with Gasteiger partial charge in [0.2, 0.25) is 5.91 Å². The van der Waals surface area contributed by atoms with Crippen LogP contribution in [0.3, 0.4) is 0 Å². The Morgan fingerprint density at radius 3 is 2.30 bits per heavy atom. The summed E-state index contributed by atoms with van der Waals surface area (Å²) in [6.45, 7) is 5.33. The summed E-state index contributed by atoms with van der Waals surface area (Å²) in [7, 11) is 0. The van der Waals surface area contributed by atoms with Crippen LogP contribution < -0.4 is 10.1 Å². The number of hydrogen-bond donors (Lipinski definition) is 1. The maximum Gasteiger partial charge on any atom is 0.261 e. The Kier molecular flexibility index (Phi) is 8.77. The number of benzene rings is 2. The molecule has 2 rings (SSSR count). The molecule has 0 heterocycles. The zero-order valence-electron chi connectivity index (χ0n) is 17.5. The third-order valence-corrected chi connectivity index (χ3v) is 4.84. The second-order valence-electron chi connectivity index (χ2n) is 7.11. The van der Waals surface area contributed by atoms with Crippen LogP contribution in [-0.2, 0) is 16.1 Å². The molecule has 0 aliphatic rings. The highest BCUT2D eigenvalue weighted by Gasteiger charge is 2.29. The number of carbonyl (C=O) groups excluding carboxylic acids is 2. The summed E-state index contributed by atoms with van der Waals surface area (Å²) in [5.41, 5.74) is 0.672. The molecule has 0 aromatic heterocycles. The summed E-state index contributed by atoms with van der Waals surface area (Å²) in [4.78, 5) is 27.2. The van der Waals surface area contributed by atoms with Crippen molar-refractivity contribution in [2.24, 2.45) is 0 Å². The highest BCUT2D eigenvalue weighted by Crippen LogP contribution is 2.17. The van der Waals surface area contributed by atoms with Gasteiger partial charge in [-0.3, -0.25) is 9.59 Å². The maximum absolute atomic E-state index is 13.8. The van der Waals surface area contributed by atoms with Crippen molar-refractivity contribution in [3.63, 3.8) is 0 Å². The number of ether oxygens (including phenoxy) is 1. The molecular weight excluding hydrogens is 390 g/mol. The van der Waals surface area contributed by atoms with Crippen molar-refractivity contribution < 1.29 is 23.1 Å². The molecule has 0 spiro atoms. The van der Waals surface area contributed by atoms with E-state index in [-0.39, 0.29) is 30.1 Å². The Hall–Kier alpha value is -2.96. The standard InChI is InChI=1S/C23H28F2N2O3/c1-4-16(3)26-23(29)20(5-2)27(14-17-10-12-18(24)13-11-17)22(28)15-30-21-9-7-6-8-19(21)25/h6-13,16,20H,4-5,14-15H2,1-3H3,(H,26,29)/t16-,20+/m1/s1. The number of rotatable bonds is 10. The van der Waals surface area contributed by atoms with E-state index in [1.54, 1.807) is 18.2 Å². The fourth-order valence-electron chi connectivity index (χ4n) is 2.93. The van der Waals surface area contributed by atoms with E-state index in [1.165, 1.54) is 35.2 Å². The molecule has 0 fully saturated rings. The molecule has 2 aromatic carbocycles. The largest absolute Gasteiger partial charge is 0.481 e. The van der Waals surface area contributed by atoms with Crippen molar-refractivity contribution in [2.45, 2.75) is 52.2 Å². The molecule has 0 unspecified atom stereocenters. The number of hydrogen-bond acceptors (Lipinski definition) is 3. The van der Waals surface area contributed by atoms with Crippen LogP contribution in [0.4, 0.5) is 8.78 Å². The topological polar surface area (TPSA) is 58.6 Å². The van der Waals surface area contributed by atoms with Crippen LogP contribution in [-0.4, -0.2) is 35.4 Å². The van der Waals surface area contributed by atoms with Crippen LogP contribution >= 0.6 is 0 Å². The van der Waals surface area contributed by atoms with Crippen molar-refractivity contribution in [1.82, 2.24) is 10.2 Å². The summed E-state index contributed by atoms with van der Waals surface area (Å²) in [6.07, 6.45) is 1.14. The average molecular weight is 418 g/mol. The number of para-hydroxylation sites is 1. The number of nitrogens with zero attached hydrogens (tertiary/aromatic N) is 1. The third kappa shape index (κ3) is 6.54. The van der Waals surface area contributed by atoms with Gasteiger partial charge in [-0.1, -0.05) is 38.1 Å². The molecule has 0 saturated heterocycles. The number of amides is 2. The SMILES string of the molecule is CC[C@@H](C)NC(=O)[C@H](CC)N(Cc1ccc(F)cc1)C(=O)COc1ccccc1F. The molecule has 30 heavy (non-hydrogen) atoms. The minimum Gasteiger partial charge on any atom is -0.481 e. The molecule has 2 atom stereocenters. The monoisotopic (exact) mass is 418 g/mol. The molecule has 0 bridgehead atoms. The highest BCUT2D eigenvalue weighted by molar-refractivity contribution is 5.88. The van der Waals surface area contributed by atoms with Gasteiger partial charge in [-0.25, -0.2) is 8.78 Å². The van der Waals surface area contributed by atoms with Crippen LogP contribution in [0.5, 0.6) is 5.75 Å². The van der Waals surface area contributed by atoms with Crippen molar-refractivity contribution in [1.29, 1.82) is 0 Å². The van der Waals surface area contributed by atoms with Crippen LogP contribution in [0.25, 0.3) is 0 Å². The van der Waals surface area contributed by atoms with Gasteiger partial charge < -0.3 is 15.0 Å². The van der Waals surface area contributed by atoms with Crippen molar-refractivity contribution in [2.75, 3.05) is 6.61 Å². The molecule has 2 amide bonds. The Morgan fingerprint density at radius 1 is 1.03 bits per heavy atom. The fourth-order valence-corrected chi connectivity index (χ4v) is 2.93. The first-order valence-electron chi connectivity index (χ1n) is 10.1. The van der Waals surface area contributed by atoms with Gasteiger partial charge in [0.05, 0.1) is 0 Å². The predicted molar refractivity (Wildman–Crippen MR) is 111 cm³/mol. The van der Waals surface area contributed by atoms with E-state index in [2.05, 4.69) is 5.32 Å². The van der Waals surface area contributed by atoms with Gasteiger partial charge in [-0.2, -0.15) is 0 Å². The van der Waals surface area contributed by atoms with Gasteiger partial charge in [0.25, 0.3) is 5.91 Å². The van der Waals surface area contributed by atoms with Crippen molar-refractivity contribution in [3.8, 4) is 5.75 Å². The Balaban J connectivity index is 2.21. The van der Waals surface area contributed by atoms with Crippen LogP contribution in [0.1, 0.15) is 39.2 Å². The van der Waals surface area contributed by atoms with Gasteiger partial charge in [0.15, 0.2) is 18.2 Å². The predicted octanol–water partition coefficient (Wildman–Crippen LogP) is 4.07. The lowest BCUT2D eigenvalue weighted by atomic mass is 10.1. The summed E-state index contributed by atoms with van der Waals surface area (Å²) in [6, 6.07) is 10.8. The average Bonchev–Trinajstić information content (AvgIpc) is 2.74. The van der Waals surface area contributed by atoms with E-state index in [1.807, 2.05) is 20.8 Å². The second kappa shape index (κ2) is 11.3. The van der Waals surface area contributed by atoms with E-state index in [9.17, 15) is 18.4 Å². The number of halogens is 2. The first-order valence-corrected chi connectivity index (χ1v) is 10.1. The van der Waals surface area contributed by atoms with Crippen LogP contribution in [0.15, 0.2) is 48.5 Å². The first kappa shape index (κ1) is 23.3. The fraction of sp³-hybridized carbons (Fsp3) is 0.391. The second-order valence-corrected chi connectivity index (χ2v) is 7.11. The minimum absolute atomic E-state index is 0.0373. The molecule has 162 valence electrons. The van der Waals surface area contributed by atoms with E-state index in [4.69, 9.17) is 4.74 Å². The molecule has 2 aromatic rings. The van der Waals surface area contributed by atoms with Gasteiger partial charge in [0.1, 0.15) is 11.9 Å². The van der Waals surface area contributed by atoms with Gasteiger partial charge in [0, 0.05) is 12.6 Å². The smallest absolute Gasteiger partial charge is 0.261 e. The Labute approximate surface area is 176 Å². The van der Waals surface area contributed by atoms with E-state index < -0.39 is 24.4 Å². The highest BCUT2D eigenvalue weighted by atomic mass is 19.1. The zero-order valence-corrected chi connectivity index (χ0v) is 17.5. The Bertz CT molecular complexity index is 843. The van der Waals surface area contributed by atoms with E-state index in [0.717, 1.165) is 6.42 Å². The molecule has 1 N–H and O–H groups in total. The molecule has 0 aliphatic heterocycles. The lowest BCUT2D eigenvalue weighted by Gasteiger charge is -2.31. The van der Waals surface area contributed by atoms with E-state index >= 15 is 0 Å². The number of carbonyl (C=O) groups is 2. The molecule has 5 nitrogen and oxygen atoms in total.